The Morgan fingerprint density at radius 2 is 1.49 bits per heavy atom. The number of likely N-dealkylation sites (tertiary alicyclic amines) is 1. The largest absolute Gasteiger partial charge is 0.423 e. The van der Waals surface area contributed by atoms with Gasteiger partial charge in [0.2, 0.25) is 35.4 Å². The molecule has 0 saturated carbocycles. The molecule has 17 nitrogen and oxygen atoms in total. The fourth-order valence-corrected chi connectivity index (χ4v) is 7.14. The molecule has 1 fully saturated rings. The van der Waals surface area contributed by atoms with E-state index in [0.29, 0.717) is 30.0 Å². The van der Waals surface area contributed by atoms with Crippen molar-refractivity contribution in [3.8, 4) is 0 Å². The molecule has 20 heteroatoms. The van der Waals surface area contributed by atoms with E-state index in [-0.39, 0.29) is 55.8 Å². The number of carbonyl (C=O) groups is 6. The molecule has 334 valence electrons. The van der Waals surface area contributed by atoms with E-state index in [9.17, 15) is 46.7 Å². The lowest BCUT2D eigenvalue weighted by Crippen LogP contribution is -2.58. The van der Waals surface area contributed by atoms with Crippen molar-refractivity contribution in [1.82, 2.24) is 26.2 Å². The van der Waals surface area contributed by atoms with Crippen molar-refractivity contribution in [3.63, 3.8) is 0 Å². The lowest BCUT2D eigenvalue weighted by Gasteiger charge is -2.30. The first-order valence-corrected chi connectivity index (χ1v) is 20.0. The second-order valence-corrected chi connectivity index (χ2v) is 14.8. The molecule has 2 heterocycles. The third kappa shape index (κ3) is 13.6. The molecule has 4 atom stereocenters. The van der Waals surface area contributed by atoms with Gasteiger partial charge in [-0.3, -0.25) is 33.8 Å². The van der Waals surface area contributed by atoms with Gasteiger partial charge >= 0.3 is 11.8 Å². The van der Waals surface area contributed by atoms with E-state index in [0.717, 1.165) is 12.1 Å². The van der Waals surface area contributed by atoms with Gasteiger partial charge in [-0.15, -0.1) is 0 Å². The van der Waals surface area contributed by atoms with Crippen molar-refractivity contribution in [2.45, 2.75) is 75.8 Å². The van der Waals surface area contributed by atoms with Crippen molar-refractivity contribution in [2.24, 2.45) is 16.5 Å². The summed E-state index contributed by atoms with van der Waals surface area (Å²) in [6.07, 6.45) is -3.71. The van der Waals surface area contributed by atoms with Crippen LogP contribution in [0.4, 0.5) is 18.9 Å². The van der Waals surface area contributed by atoms with Crippen molar-refractivity contribution < 1.29 is 46.4 Å². The number of hydrogen-bond acceptors (Lipinski definition) is 9. The quantitative estimate of drug-likeness (QED) is 0.0331. The van der Waals surface area contributed by atoms with E-state index in [1.807, 2.05) is 0 Å². The lowest BCUT2D eigenvalue weighted by molar-refractivity contribution is -0.140. The molecule has 4 aromatic rings. The Bertz CT molecular complexity index is 2370. The second kappa shape index (κ2) is 21.5. The van der Waals surface area contributed by atoms with Gasteiger partial charge in [0.15, 0.2) is 5.96 Å². The molecule has 1 aliphatic heterocycles. The molecule has 0 spiro atoms. The summed E-state index contributed by atoms with van der Waals surface area (Å²) in [7, 11) is 0. The minimum absolute atomic E-state index is 0.00270. The van der Waals surface area contributed by atoms with Crippen LogP contribution in [0.1, 0.15) is 49.3 Å². The van der Waals surface area contributed by atoms with Crippen LogP contribution in [0.25, 0.3) is 11.0 Å². The van der Waals surface area contributed by atoms with Crippen LogP contribution in [-0.4, -0.2) is 90.1 Å². The minimum atomic E-state index is -4.84. The number of carbonyl (C=O) groups excluding carboxylic acids is 6. The standard InChI is InChI=1S/C43H48F3N9O8/c1-25(56)51-31(14-8-18-49-42(47)48)38(59)50-24-36(57)53-32(20-26-10-4-2-5-11-26)39(60)54-33(21-27-12-6-3-7-13-27)41(62)55-19-9-15-34(55)40(61)52-28-16-17-29-30(43(44,45)46)23-37(58)63-35(29)22-28/h2-7,10-13,16-17,22-23,31-34H,8-9,14-15,18-21,24H2,1H3,(H,50,59)(H,51,56)(H,52,61)(H,53,57)(H,54,60)(H4,47,48,49)/t31-,32-,33-,34-/m0/s1. The number of anilines is 1. The number of nitrogens with zero attached hydrogens (tertiary/aromatic N) is 2. The van der Waals surface area contributed by atoms with Crippen LogP contribution in [0.2, 0.25) is 0 Å². The highest BCUT2D eigenvalue weighted by Crippen LogP contribution is 2.34. The highest BCUT2D eigenvalue weighted by atomic mass is 19.4. The maximum atomic E-state index is 14.4. The SMILES string of the molecule is CC(=O)N[C@@H](CCCN=C(N)N)C(=O)NCC(=O)N[C@@H](Cc1ccccc1)C(=O)N[C@@H](Cc1ccccc1)C(=O)N1CCC[C@H]1C(=O)Nc1ccc2c(C(F)(F)F)cc(=O)oc2c1. The van der Waals surface area contributed by atoms with Gasteiger partial charge in [0.05, 0.1) is 12.1 Å². The molecule has 0 radical (unpaired) electrons. The number of amides is 6. The molecule has 0 unspecified atom stereocenters. The molecule has 0 aliphatic carbocycles. The Morgan fingerprint density at radius 1 is 0.841 bits per heavy atom. The summed E-state index contributed by atoms with van der Waals surface area (Å²) in [5.74, 6) is -4.01. The number of alkyl halides is 3. The summed E-state index contributed by atoms with van der Waals surface area (Å²) < 4.78 is 45.9. The van der Waals surface area contributed by atoms with E-state index in [1.165, 1.54) is 17.9 Å². The van der Waals surface area contributed by atoms with Gasteiger partial charge in [0.1, 0.15) is 29.8 Å². The smallest absolute Gasteiger partial charge is 0.417 e. The average Bonchev–Trinajstić information content (AvgIpc) is 3.73. The molecule has 9 N–H and O–H groups in total. The molecule has 63 heavy (non-hydrogen) atoms. The van der Waals surface area contributed by atoms with E-state index in [1.54, 1.807) is 60.7 Å². The van der Waals surface area contributed by atoms with Gasteiger partial charge < -0.3 is 47.4 Å². The van der Waals surface area contributed by atoms with E-state index in [4.69, 9.17) is 15.9 Å². The zero-order chi connectivity index (χ0) is 45.7. The second-order valence-electron chi connectivity index (χ2n) is 14.8. The maximum Gasteiger partial charge on any atom is 0.417 e. The summed E-state index contributed by atoms with van der Waals surface area (Å²) in [5.41, 5.74) is 9.24. The van der Waals surface area contributed by atoms with E-state index >= 15 is 0 Å². The summed E-state index contributed by atoms with van der Waals surface area (Å²) in [6, 6.07) is 16.7. The third-order valence-electron chi connectivity index (χ3n) is 10.1. The Balaban J connectivity index is 1.32. The van der Waals surface area contributed by atoms with Crippen LogP contribution in [0.5, 0.6) is 0 Å². The molecular weight excluding hydrogens is 828 g/mol. The summed E-state index contributed by atoms with van der Waals surface area (Å²) in [5, 5.41) is 12.7. The van der Waals surface area contributed by atoms with Gasteiger partial charge in [-0.1, -0.05) is 60.7 Å². The topological polar surface area (TPSA) is 260 Å². The number of hydrogen-bond donors (Lipinski definition) is 7. The predicted molar refractivity (Wildman–Crippen MR) is 226 cm³/mol. The molecule has 5 rings (SSSR count). The Morgan fingerprint density at radius 3 is 2.11 bits per heavy atom. The monoisotopic (exact) mass is 875 g/mol. The summed E-state index contributed by atoms with van der Waals surface area (Å²) >= 11 is 0. The summed E-state index contributed by atoms with van der Waals surface area (Å²) in [6.45, 7) is 1.01. The van der Waals surface area contributed by atoms with Gasteiger partial charge in [-0.2, -0.15) is 13.2 Å². The van der Waals surface area contributed by atoms with Gasteiger partial charge in [-0.05, 0) is 48.9 Å². The van der Waals surface area contributed by atoms with Gasteiger partial charge in [0.25, 0.3) is 0 Å². The first kappa shape index (κ1) is 46.8. The lowest BCUT2D eigenvalue weighted by atomic mass is 10.0. The molecule has 1 aromatic heterocycles. The number of aliphatic imine (C=N–C) groups is 1. The fraction of sp³-hybridized carbons (Fsp3) is 0.349. The van der Waals surface area contributed by atoms with Crippen LogP contribution in [0.15, 0.2) is 99.1 Å². The number of fused-ring (bicyclic) bond motifs is 1. The van der Waals surface area contributed by atoms with Crippen LogP contribution < -0.4 is 43.7 Å². The van der Waals surface area contributed by atoms with Crippen molar-refractivity contribution in [1.29, 1.82) is 0 Å². The molecule has 1 saturated heterocycles. The highest BCUT2D eigenvalue weighted by Gasteiger charge is 2.39. The normalized spacial score (nSPS) is 15.0. The first-order chi connectivity index (χ1) is 30.0. The molecule has 6 amide bonds. The Kier molecular flexibility index (Phi) is 16.0. The fourth-order valence-electron chi connectivity index (χ4n) is 7.14. The highest BCUT2D eigenvalue weighted by molar-refractivity contribution is 6.00. The maximum absolute atomic E-state index is 14.4. The number of benzene rings is 3. The Hall–Kier alpha value is -7.25. The number of guanidine groups is 1. The first-order valence-electron chi connectivity index (χ1n) is 20.0. The number of nitrogens with one attached hydrogen (secondary N) is 5. The van der Waals surface area contributed by atoms with E-state index < -0.39 is 89.1 Å². The minimum Gasteiger partial charge on any atom is -0.423 e. The summed E-state index contributed by atoms with van der Waals surface area (Å²) in [4.78, 5) is 97.6. The Labute approximate surface area is 359 Å². The van der Waals surface area contributed by atoms with Gasteiger partial charge in [-0.25, -0.2) is 4.79 Å². The predicted octanol–water partition coefficient (Wildman–Crippen LogP) is 1.87. The van der Waals surface area contributed by atoms with Crippen LogP contribution >= 0.6 is 0 Å². The van der Waals surface area contributed by atoms with Crippen LogP contribution in [0, 0.1) is 0 Å². The van der Waals surface area contributed by atoms with Crippen molar-refractivity contribution in [2.75, 3.05) is 25.0 Å². The number of rotatable bonds is 18. The zero-order valence-corrected chi connectivity index (χ0v) is 34.2. The third-order valence-corrected chi connectivity index (χ3v) is 10.1. The van der Waals surface area contributed by atoms with Crippen LogP contribution in [-0.2, 0) is 47.8 Å². The van der Waals surface area contributed by atoms with Gasteiger partial charge in [0, 0.05) is 56.1 Å². The van der Waals surface area contributed by atoms with E-state index in [2.05, 4.69) is 31.6 Å². The molecular formula is C43H48F3N9O8. The molecule has 3 aromatic carbocycles. The number of halogens is 3. The average molecular weight is 876 g/mol. The van der Waals surface area contributed by atoms with Crippen molar-refractivity contribution >= 4 is 58.1 Å². The molecule has 0 bridgehead atoms. The number of nitrogens with two attached hydrogens (primary N) is 2. The molecule has 1 aliphatic rings. The van der Waals surface area contributed by atoms with Crippen molar-refractivity contribution in [3.05, 3.63) is 112 Å². The zero-order valence-electron chi connectivity index (χ0n) is 34.2. The van der Waals surface area contributed by atoms with Crippen LogP contribution in [0.3, 0.4) is 0 Å².